The smallest absolute Gasteiger partial charge is 0.222 e. The van der Waals surface area contributed by atoms with Crippen molar-refractivity contribution >= 4 is 5.82 Å². The zero-order valence-electron chi connectivity index (χ0n) is 11.1. The Morgan fingerprint density at radius 2 is 2.00 bits per heavy atom. The summed E-state index contributed by atoms with van der Waals surface area (Å²) in [5.74, 6) is 2.52. The molecule has 1 fully saturated rings. The molecule has 0 aromatic carbocycles. The topological polar surface area (TPSA) is 61.0 Å². The van der Waals surface area contributed by atoms with Crippen LogP contribution in [0.5, 0.6) is 5.88 Å². The maximum absolute atomic E-state index is 5.95. The van der Waals surface area contributed by atoms with Gasteiger partial charge in [0.2, 0.25) is 5.88 Å². The van der Waals surface area contributed by atoms with E-state index in [4.69, 9.17) is 10.5 Å². The van der Waals surface area contributed by atoms with E-state index in [1.54, 1.807) is 0 Å². The molecule has 1 aromatic rings. The number of rotatable bonds is 4. The number of nitrogen functional groups attached to an aromatic ring is 1. The molecule has 4 heteroatoms. The van der Waals surface area contributed by atoms with Crippen LogP contribution >= 0.6 is 0 Å². The summed E-state index contributed by atoms with van der Waals surface area (Å²) in [6.45, 7) is 8.12. The molecular weight excluding hydrogens is 214 g/mol. The summed E-state index contributed by atoms with van der Waals surface area (Å²) < 4.78 is 5.95. The largest absolute Gasteiger partial charge is 0.471 e. The van der Waals surface area contributed by atoms with Gasteiger partial charge >= 0.3 is 0 Å². The lowest BCUT2D eigenvalue weighted by atomic mass is 10.1. The molecule has 94 valence electrons. The van der Waals surface area contributed by atoms with E-state index in [-0.39, 0.29) is 5.60 Å². The second-order valence-electron chi connectivity index (χ2n) is 5.39. The minimum absolute atomic E-state index is 0.216. The van der Waals surface area contributed by atoms with Gasteiger partial charge in [0, 0.05) is 5.92 Å². The van der Waals surface area contributed by atoms with Crippen LogP contribution in [0.25, 0.3) is 0 Å². The van der Waals surface area contributed by atoms with Gasteiger partial charge in [0.1, 0.15) is 17.2 Å². The molecule has 17 heavy (non-hydrogen) atoms. The van der Waals surface area contributed by atoms with Crippen molar-refractivity contribution in [1.29, 1.82) is 0 Å². The number of ether oxygens (including phenoxy) is 1. The first-order chi connectivity index (χ1) is 7.93. The Balaban J connectivity index is 2.31. The van der Waals surface area contributed by atoms with Crippen LogP contribution in [0.3, 0.4) is 0 Å². The fourth-order valence-electron chi connectivity index (χ4n) is 1.49. The molecule has 1 aliphatic rings. The Bertz CT molecular complexity index is 425. The number of aromatic nitrogens is 2. The second-order valence-corrected chi connectivity index (χ2v) is 5.39. The Morgan fingerprint density at radius 3 is 2.53 bits per heavy atom. The molecule has 1 saturated carbocycles. The SMILES string of the molecule is CCC(C)(C)Oc1nc(C2CC2)nc(N)c1C. The highest BCUT2D eigenvalue weighted by Gasteiger charge is 2.29. The zero-order chi connectivity index (χ0) is 12.6. The van der Waals surface area contributed by atoms with Crippen LogP contribution in [0.15, 0.2) is 0 Å². The summed E-state index contributed by atoms with van der Waals surface area (Å²) in [6, 6.07) is 0. The van der Waals surface area contributed by atoms with Gasteiger partial charge in [-0.25, -0.2) is 4.98 Å². The Kier molecular flexibility index (Phi) is 2.98. The highest BCUT2D eigenvalue weighted by molar-refractivity contribution is 5.45. The molecule has 2 N–H and O–H groups in total. The fourth-order valence-corrected chi connectivity index (χ4v) is 1.49. The van der Waals surface area contributed by atoms with Crippen LogP contribution < -0.4 is 10.5 Å². The highest BCUT2D eigenvalue weighted by Crippen LogP contribution is 2.40. The second kappa shape index (κ2) is 4.17. The van der Waals surface area contributed by atoms with Gasteiger partial charge in [0.25, 0.3) is 0 Å². The first-order valence-corrected chi connectivity index (χ1v) is 6.26. The van der Waals surface area contributed by atoms with E-state index in [1.807, 2.05) is 6.92 Å². The average Bonchev–Trinajstić information content (AvgIpc) is 3.08. The van der Waals surface area contributed by atoms with Crippen molar-refractivity contribution in [3.8, 4) is 5.88 Å². The molecule has 0 spiro atoms. The van der Waals surface area contributed by atoms with E-state index in [0.29, 0.717) is 17.6 Å². The third kappa shape index (κ3) is 2.68. The minimum atomic E-state index is -0.216. The van der Waals surface area contributed by atoms with Crippen molar-refractivity contribution in [3.05, 3.63) is 11.4 Å². The minimum Gasteiger partial charge on any atom is -0.471 e. The average molecular weight is 235 g/mol. The molecule has 0 amide bonds. The van der Waals surface area contributed by atoms with Crippen LogP contribution in [0.2, 0.25) is 0 Å². The van der Waals surface area contributed by atoms with E-state index >= 15 is 0 Å². The summed E-state index contributed by atoms with van der Waals surface area (Å²) in [4.78, 5) is 8.85. The molecule has 1 heterocycles. The van der Waals surface area contributed by atoms with E-state index in [1.165, 1.54) is 12.8 Å². The lowest BCUT2D eigenvalue weighted by molar-refractivity contribution is 0.0975. The van der Waals surface area contributed by atoms with Crippen molar-refractivity contribution in [1.82, 2.24) is 9.97 Å². The summed E-state index contributed by atoms with van der Waals surface area (Å²) in [5.41, 5.74) is 6.54. The molecule has 4 nitrogen and oxygen atoms in total. The summed E-state index contributed by atoms with van der Waals surface area (Å²) in [5, 5.41) is 0. The fraction of sp³-hybridized carbons (Fsp3) is 0.692. The molecule has 1 aromatic heterocycles. The van der Waals surface area contributed by atoms with Crippen molar-refractivity contribution in [2.24, 2.45) is 0 Å². The van der Waals surface area contributed by atoms with Gasteiger partial charge in [-0.15, -0.1) is 0 Å². The highest BCUT2D eigenvalue weighted by atomic mass is 16.5. The maximum atomic E-state index is 5.95. The number of anilines is 1. The summed E-state index contributed by atoms with van der Waals surface area (Å²) in [6.07, 6.45) is 3.26. The van der Waals surface area contributed by atoms with Gasteiger partial charge < -0.3 is 10.5 Å². The van der Waals surface area contributed by atoms with Crippen molar-refractivity contribution in [2.45, 2.75) is 58.5 Å². The molecule has 0 atom stereocenters. The Labute approximate surface area is 103 Å². The van der Waals surface area contributed by atoms with Crippen molar-refractivity contribution in [3.63, 3.8) is 0 Å². The lowest BCUT2D eigenvalue weighted by Gasteiger charge is -2.25. The lowest BCUT2D eigenvalue weighted by Crippen LogP contribution is -2.28. The quantitative estimate of drug-likeness (QED) is 0.871. The third-order valence-electron chi connectivity index (χ3n) is 3.32. The van der Waals surface area contributed by atoms with E-state index in [9.17, 15) is 0 Å². The van der Waals surface area contributed by atoms with Crippen LogP contribution in [0.1, 0.15) is 57.3 Å². The van der Waals surface area contributed by atoms with Gasteiger partial charge in [-0.2, -0.15) is 4.98 Å². The van der Waals surface area contributed by atoms with E-state index < -0.39 is 0 Å². The van der Waals surface area contributed by atoms with Crippen LogP contribution in [0.4, 0.5) is 5.82 Å². The van der Waals surface area contributed by atoms with Crippen LogP contribution in [-0.4, -0.2) is 15.6 Å². The van der Waals surface area contributed by atoms with Crippen LogP contribution in [-0.2, 0) is 0 Å². The number of hydrogen-bond acceptors (Lipinski definition) is 4. The van der Waals surface area contributed by atoms with Crippen molar-refractivity contribution in [2.75, 3.05) is 5.73 Å². The van der Waals surface area contributed by atoms with Gasteiger partial charge in [0.15, 0.2) is 0 Å². The van der Waals surface area contributed by atoms with Crippen molar-refractivity contribution < 1.29 is 4.74 Å². The molecule has 0 aliphatic heterocycles. The third-order valence-corrected chi connectivity index (χ3v) is 3.32. The molecule has 0 unspecified atom stereocenters. The first-order valence-electron chi connectivity index (χ1n) is 6.26. The van der Waals surface area contributed by atoms with Gasteiger partial charge in [-0.1, -0.05) is 6.92 Å². The predicted molar refractivity (Wildman–Crippen MR) is 68.2 cm³/mol. The summed E-state index contributed by atoms with van der Waals surface area (Å²) >= 11 is 0. The zero-order valence-corrected chi connectivity index (χ0v) is 11.1. The Hall–Kier alpha value is -1.32. The number of hydrogen-bond donors (Lipinski definition) is 1. The van der Waals surface area contributed by atoms with E-state index in [2.05, 4.69) is 30.7 Å². The normalized spacial score (nSPS) is 16.0. The van der Waals surface area contributed by atoms with Crippen LogP contribution in [0, 0.1) is 6.92 Å². The van der Waals surface area contributed by atoms with Gasteiger partial charge in [-0.3, -0.25) is 0 Å². The molecule has 0 saturated heterocycles. The van der Waals surface area contributed by atoms with E-state index in [0.717, 1.165) is 17.8 Å². The molecule has 0 bridgehead atoms. The monoisotopic (exact) mass is 235 g/mol. The predicted octanol–water partition coefficient (Wildman–Crippen LogP) is 2.81. The summed E-state index contributed by atoms with van der Waals surface area (Å²) in [7, 11) is 0. The van der Waals surface area contributed by atoms with Gasteiger partial charge in [0.05, 0.1) is 5.56 Å². The number of nitrogens with two attached hydrogens (primary N) is 1. The molecular formula is C13H21N3O. The standard InChI is InChI=1S/C13H21N3O/c1-5-13(3,4)17-12-8(2)10(14)15-11(16-12)9-6-7-9/h9H,5-7H2,1-4H3,(H2,14,15,16). The Morgan fingerprint density at radius 1 is 1.35 bits per heavy atom. The maximum Gasteiger partial charge on any atom is 0.222 e. The van der Waals surface area contributed by atoms with Gasteiger partial charge in [-0.05, 0) is 40.0 Å². The molecule has 2 rings (SSSR count). The molecule has 0 radical (unpaired) electrons. The number of nitrogens with zero attached hydrogens (tertiary/aromatic N) is 2. The first kappa shape index (κ1) is 12.1. The molecule has 1 aliphatic carbocycles.